The van der Waals surface area contributed by atoms with Gasteiger partial charge in [-0.2, -0.15) is 5.10 Å². The van der Waals surface area contributed by atoms with Crippen LogP contribution in [0.25, 0.3) is 0 Å². The molecule has 0 aromatic heterocycles. The van der Waals surface area contributed by atoms with Crippen LogP contribution >= 0.6 is 0 Å². The van der Waals surface area contributed by atoms with Crippen molar-refractivity contribution in [2.45, 2.75) is 70.0 Å². The Bertz CT molecular complexity index is 794. The molecule has 28 heavy (non-hydrogen) atoms. The van der Waals surface area contributed by atoms with Crippen molar-refractivity contribution < 1.29 is 33.6 Å². The smallest absolute Gasteiger partial charge is 0.272 e. The van der Waals surface area contributed by atoms with Gasteiger partial charge in [0.2, 0.25) is 0 Å². The summed E-state index contributed by atoms with van der Waals surface area (Å²) >= 11 is 0. The Morgan fingerprint density at radius 1 is 1.04 bits per heavy atom. The molecule has 3 aliphatic heterocycles. The Labute approximate surface area is 162 Å². The molecule has 1 amide bonds. The third-order valence-corrected chi connectivity index (χ3v) is 4.73. The molecule has 3 saturated heterocycles. The van der Waals surface area contributed by atoms with Gasteiger partial charge >= 0.3 is 0 Å². The third-order valence-electron chi connectivity index (χ3n) is 4.73. The van der Waals surface area contributed by atoms with Crippen LogP contribution in [0, 0.1) is 0 Å². The third kappa shape index (κ3) is 3.63. The van der Waals surface area contributed by atoms with E-state index < -0.39 is 48.2 Å². The van der Waals surface area contributed by atoms with Gasteiger partial charge in [0, 0.05) is 5.56 Å². The first-order valence-corrected chi connectivity index (χ1v) is 9.13. The Kier molecular flexibility index (Phi) is 4.67. The molecular formula is C19H24N2O7. The Morgan fingerprint density at radius 3 is 2.43 bits per heavy atom. The zero-order valence-electron chi connectivity index (χ0n) is 16.1. The number of amides is 1. The second kappa shape index (κ2) is 6.78. The van der Waals surface area contributed by atoms with Crippen LogP contribution in [0.5, 0.6) is 5.75 Å². The highest BCUT2D eigenvalue weighted by atomic mass is 16.9. The molecule has 2 N–H and O–H groups in total. The van der Waals surface area contributed by atoms with Crippen molar-refractivity contribution in [3.8, 4) is 5.75 Å². The lowest BCUT2D eigenvalue weighted by molar-refractivity contribution is -0.231. The van der Waals surface area contributed by atoms with Crippen molar-refractivity contribution in [2.75, 3.05) is 0 Å². The molecule has 0 spiro atoms. The highest BCUT2D eigenvalue weighted by molar-refractivity contribution is 5.86. The minimum atomic E-state index is -0.993. The first kappa shape index (κ1) is 19.3. The van der Waals surface area contributed by atoms with Crippen LogP contribution in [0.15, 0.2) is 29.4 Å². The second-order valence-corrected chi connectivity index (χ2v) is 7.88. The number of hydrogen-bond acceptors (Lipinski definition) is 8. The molecule has 1 aromatic carbocycles. The predicted octanol–water partition coefficient (Wildman–Crippen LogP) is 1.24. The van der Waals surface area contributed by atoms with Crippen LogP contribution < -0.4 is 5.43 Å². The van der Waals surface area contributed by atoms with E-state index in [4.69, 9.17) is 23.7 Å². The monoisotopic (exact) mass is 392 g/mol. The Balaban J connectivity index is 1.50. The molecule has 3 heterocycles. The summed E-state index contributed by atoms with van der Waals surface area (Å²) < 4.78 is 29.4. The van der Waals surface area contributed by atoms with Crippen LogP contribution in [0.3, 0.4) is 0 Å². The molecular weight excluding hydrogens is 368 g/mol. The summed E-state index contributed by atoms with van der Waals surface area (Å²) in [5.74, 6) is -2.19. The zero-order chi connectivity index (χ0) is 20.1. The van der Waals surface area contributed by atoms with Gasteiger partial charge in [0.1, 0.15) is 24.1 Å². The fourth-order valence-electron chi connectivity index (χ4n) is 3.65. The van der Waals surface area contributed by atoms with Crippen molar-refractivity contribution in [3.05, 3.63) is 29.8 Å². The number of aromatic hydroxyl groups is 1. The quantitative estimate of drug-likeness (QED) is 0.589. The molecule has 4 rings (SSSR count). The van der Waals surface area contributed by atoms with Crippen LogP contribution in [-0.2, 0) is 28.5 Å². The summed E-state index contributed by atoms with van der Waals surface area (Å²) in [5.41, 5.74) is 2.90. The number of phenolic OH excluding ortho intramolecular Hbond substituents is 1. The first-order valence-electron chi connectivity index (χ1n) is 9.13. The number of hydrazone groups is 1. The van der Waals surface area contributed by atoms with Crippen molar-refractivity contribution in [3.63, 3.8) is 0 Å². The van der Waals surface area contributed by atoms with Gasteiger partial charge in [-0.05, 0) is 39.8 Å². The molecule has 0 radical (unpaired) electrons. The molecule has 3 aliphatic rings. The average Bonchev–Trinajstić information content (AvgIpc) is 3.09. The Hall–Kier alpha value is -2.04. The van der Waals surface area contributed by atoms with E-state index in [1.807, 2.05) is 0 Å². The second-order valence-electron chi connectivity index (χ2n) is 7.88. The highest BCUT2D eigenvalue weighted by Crippen LogP contribution is 2.44. The molecule has 5 atom stereocenters. The molecule has 5 unspecified atom stereocenters. The van der Waals surface area contributed by atoms with Gasteiger partial charge in [0.05, 0.1) is 6.21 Å². The normalized spacial score (nSPS) is 35.5. The predicted molar refractivity (Wildman–Crippen MR) is 96.4 cm³/mol. The average molecular weight is 392 g/mol. The zero-order valence-corrected chi connectivity index (χ0v) is 16.1. The van der Waals surface area contributed by atoms with Crippen LogP contribution in [0.1, 0.15) is 33.3 Å². The fourth-order valence-corrected chi connectivity index (χ4v) is 3.65. The SMILES string of the molecule is CC1(C)OC2OC(C(=O)NN=Cc3ccccc3O)C3OC(C)(C)OC3C2O1. The number of fused-ring (bicyclic) bond motifs is 3. The molecule has 0 bridgehead atoms. The van der Waals surface area contributed by atoms with Gasteiger partial charge < -0.3 is 28.8 Å². The fraction of sp³-hybridized carbons (Fsp3) is 0.579. The maximum atomic E-state index is 12.7. The maximum absolute atomic E-state index is 12.7. The van der Waals surface area contributed by atoms with Gasteiger partial charge in [-0.3, -0.25) is 4.79 Å². The minimum absolute atomic E-state index is 0.0605. The van der Waals surface area contributed by atoms with E-state index in [1.54, 1.807) is 45.9 Å². The molecule has 152 valence electrons. The van der Waals surface area contributed by atoms with E-state index in [2.05, 4.69) is 10.5 Å². The number of rotatable bonds is 3. The number of nitrogens with one attached hydrogen (secondary N) is 1. The number of hydrogen-bond donors (Lipinski definition) is 2. The van der Waals surface area contributed by atoms with Crippen LogP contribution in [-0.4, -0.2) is 59.5 Å². The number of phenols is 1. The van der Waals surface area contributed by atoms with E-state index >= 15 is 0 Å². The van der Waals surface area contributed by atoms with E-state index in [0.717, 1.165) is 0 Å². The summed E-state index contributed by atoms with van der Waals surface area (Å²) in [6.45, 7) is 7.09. The van der Waals surface area contributed by atoms with Gasteiger partial charge in [-0.25, -0.2) is 5.43 Å². The standard InChI is InChI=1S/C19H24N2O7/c1-18(2)25-12-13(26-18)15-17(28-19(3,4)27-15)24-14(12)16(23)21-20-9-10-7-5-6-8-11(10)22/h5-9,12-15,17,22H,1-4H3,(H,21,23). The van der Waals surface area contributed by atoms with Crippen molar-refractivity contribution in [1.82, 2.24) is 5.43 Å². The number of benzene rings is 1. The largest absolute Gasteiger partial charge is 0.507 e. The van der Waals surface area contributed by atoms with Gasteiger partial charge in [-0.1, -0.05) is 12.1 Å². The molecule has 9 heteroatoms. The van der Waals surface area contributed by atoms with Crippen molar-refractivity contribution >= 4 is 12.1 Å². The Morgan fingerprint density at radius 2 is 1.68 bits per heavy atom. The summed E-state index contributed by atoms with van der Waals surface area (Å²) in [6.07, 6.45) is -2.10. The van der Waals surface area contributed by atoms with E-state index in [0.29, 0.717) is 5.56 Å². The molecule has 0 saturated carbocycles. The van der Waals surface area contributed by atoms with Crippen molar-refractivity contribution in [2.24, 2.45) is 5.10 Å². The first-order chi connectivity index (χ1) is 13.2. The number of para-hydroxylation sites is 1. The van der Waals surface area contributed by atoms with Gasteiger partial charge in [0.15, 0.2) is 24.0 Å². The topological polar surface area (TPSA) is 108 Å². The van der Waals surface area contributed by atoms with E-state index in [9.17, 15) is 9.90 Å². The molecule has 9 nitrogen and oxygen atoms in total. The number of ether oxygens (including phenoxy) is 5. The van der Waals surface area contributed by atoms with Crippen LogP contribution in [0.4, 0.5) is 0 Å². The number of carbonyl (C=O) groups excluding carboxylic acids is 1. The number of nitrogens with zero attached hydrogens (tertiary/aromatic N) is 1. The summed E-state index contributed by atoms with van der Waals surface area (Å²) in [6, 6.07) is 6.65. The van der Waals surface area contributed by atoms with Gasteiger partial charge in [0.25, 0.3) is 5.91 Å². The summed E-state index contributed by atoms with van der Waals surface area (Å²) in [5, 5.41) is 13.7. The molecule has 1 aromatic rings. The highest BCUT2D eigenvalue weighted by Gasteiger charge is 2.62. The lowest BCUT2D eigenvalue weighted by Crippen LogP contribution is -2.59. The lowest BCUT2D eigenvalue weighted by Gasteiger charge is -2.36. The maximum Gasteiger partial charge on any atom is 0.272 e. The lowest BCUT2D eigenvalue weighted by atomic mass is 9.98. The van der Waals surface area contributed by atoms with Gasteiger partial charge in [-0.15, -0.1) is 0 Å². The minimum Gasteiger partial charge on any atom is -0.507 e. The molecule has 3 fully saturated rings. The summed E-state index contributed by atoms with van der Waals surface area (Å²) in [7, 11) is 0. The van der Waals surface area contributed by atoms with Crippen LogP contribution in [0.2, 0.25) is 0 Å². The van der Waals surface area contributed by atoms with E-state index in [-0.39, 0.29) is 5.75 Å². The van der Waals surface area contributed by atoms with Crippen molar-refractivity contribution in [1.29, 1.82) is 0 Å². The van der Waals surface area contributed by atoms with E-state index in [1.165, 1.54) is 12.3 Å². The number of carbonyl (C=O) groups is 1. The summed E-state index contributed by atoms with van der Waals surface area (Å²) in [4.78, 5) is 12.7. The molecule has 0 aliphatic carbocycles.